The first kappa shape index (κ1) is 18.6. The van der Waals surface area contributed by atoms with Gasteiger partial charge in [0.25, 0.3) is 11.5 Å². The quantitative estimate of drug-likeness (QED) is 0.820. The monoisotopic (exact) mass is 413 g/mol. The molecule has 1 N–H and O–H groups in total. The van der Waals surface area contributed by atoms with Gasteiger partial charge >= 0.3 is 0 Å². The molecule has 2 fully saturated rings. The van der Waals surface area contributed by atoms with Gasteiger partial charge in [-0.25, -0.2) is 9.97 Å². The molecule has 5 rings (SSSR count). The van der Waals surface area contributed by atoms with Gasteiger partial charge < -0.3 is 10.2 Å². The summed E-state index contributed by atoms with van der Waals surface area (Å²) in [5.74, 6) is 0.429. The van der Waals surface area contributed by atoms with E-state index in [1.165, 1.54) is 6.33 Å². The summed E-state index contributed by atoms with van der Waals surface area (Å²) >= 11 is 6.60. The zero-order valence-electron chi connectivity index (χ0n) is 16.2. The minimum absolute atomic E-state index is 0.0884. The lowest BCUT2D eigenvalue weighted by atomic mass is 9.86. The molecule has 2 aliphatic carbocycles. The Kier molecular flexibility index (Phi) is 4.57. The first-order valence-electron chi connectivity index (χ1n) is 10.4. The molecule has 0 saturated heterocycles. The predicted molar refractivity (Wildman–Crippen MR) is 111 cm³/mol. The molecule has 1 amide bonds. The number of hydrogen-bond donors (Lipinski definition) is 1. The Bertz CT molecular complexity index is 994. The largest absolute Gasteiger partial charge is 0.336 e. The summed E-state index contributed by atoms with van der Waals surface area (Å²) in [5, 5.41) is 3.38. The van der Waals surface area contributed by atoms with Crippen molar-refractivity contribution in [2.24, 2.45) is 0 Å². The maximum Gasteiger partial charge on any atom is 0.276 e. The molecular weight excluding hydrogens is 390 g/mol. The van der Waals surface area contributed by atoms with E-state index in [1.807, 2.05) is 4.90 Å². The van der Waals surface area contributed by atoms with E-state index in [2.05, 4.69) is 15.3 Å². The van der Waals surface area contributed by atoms with Crippen LogP contribution in [0.25, 0.3) is 0 Å². The Balaban J connectivity index is 1.67. The molecule has 2 saturated carbocycles. The molecule has 1 spiro atoms. The molecule has 3 heterocycles. The second kappa shape index (κ2) is 7.13. The summed E-state index contributed by atoms with van der Waals surface area (Å²) < 4.78 is 1.71. The second-order valence-corrected chi connectivity index (χ2v) is 8.68. The van der Waals surface area contributed by atoms with Gasteiger partial charge in [-0.15, -0.1) is 0 Å². The van der Waals surface area contributed by atoms with Crippen LogP contribution in [0.4, 0.5) is 11.5 Å². The molecule has 0 aromatic carbocycles. The van der Waals surface area contributed by atoms with Crippen molar-refractivity contribution >= 4 is 29.0 Å². The third-order valence-corrected chi connectivity index (χ3v) is 6.92. The number of hydrogen-bond acceptors (Lipinski definition) is 5. The molecule has 2 aromatic rings. The van der Waals surface area contributed by atoms with Crippen molar-refractivity contribution in [3.63, 3.8) is 0 Å². The molecule has 0 radical (unpaired) electrons. The van der Waals surface area contributed by atoms with E-state index in [1.54, 1.807) is 22.9 Å². The van der Waals surface area contributed by atoms with Crippen LogP contribution in [0.1, 0.15) is 68.3 Å². The zero-order valence-corrected chi connectivity index (χ0v) is 17.0. The minimum atomic E-state index is -0.593. The fraction of sp³-hybridized carbons (Fsp3) is 0.524. The molecule has 0 bridgehead atoms. The fourth-order valence-electron chi connectivity index (χ4n) is 5.43. The average molecular weight is 414 g/mol. The number of carbonyl (C=O) groups excluding carboxylic acids is 1. The van der Waals surface area contributed by atoms with Gasteiger partial charge in [-0.05, 0) is 50.7 Å². The zero-order chi connectivity index (χ0) is 20.0. The van der Waals surface area contributed by atoms with Crippen molar-refractivity contribution in [3.8, 4) is 0 Å². The van der Waals surface area contributed by atoms with Crippen molar-refractivity contribution in [3.05, 3.63) is 45.7 Å². The molecule has 0 atom stereocenters. The number of amides is 1. The van der Waals surface area contributed by atoms with Crippen LogP contribution in [0.2, 0.25) is 5.02 Å². The first-order valence-corrected chi connectivity index (χ1v) is 10.8. The number of carbonyl (C=O) groups is 1. The third kappa shape index (κ3) is 2.86. The maximum absolute atomic E-state index is 13.6. The lowest BCUT2D eigenvalue weighted by molar-refractivity contribution is -0.00912. The Morgan fingerprint density at radius 3 is 2.55 bits per heavy atom. The van der Waals surface area contributed by atoms with Crippen LogP contribution in [-0.4, -0.2) is 31.4 Å². The number of nitrogens with one attached hydrogen (secondary N) is 1. The van der Waals surface area contributed by atoms with Gasteiger partial charge in [0.2, 0.25) is 0 Å². The Hall–Kier alpha value is -2.41. The van der Waals surface area contributed by atoms with E-state index in [-0.39, 0.29) is 17.5 Å². The van der Waals surface area contributed by atoms with Crippen LogP contribution in [0.3, 0.4) is 0 Å². The van der Waals surface area contributed by atoms with Gasteiger partial charge in [0.05, 0.1) is 5.02 Å². The summed E-state index contributed by atoms with van der Waals surface area (Å²) in [6.45, 7) is 0. The van der Waals surface area contributed by atoms with E-state index in [9.17, 15) is 9.59 Å². The second-order valence-electron chi connectivity index (χ2n) is 8.27. The number of rotatable bonds is 3. The van der Waals surface area contributed by atoms with Gasteiger partial charge in [-0.1, -0.05) is 30.9 Å². The Morgan fingerprint density at radius 2 is 1.86 bits per heavy atom. The van der Waals surface area contributed by atoms with Crippen molar-refractivity contribution in [2.75, 3.05) is 5.32 Å². The van der Waals surface area contributed by atoms with Gasteiger partial charge in [-0.3, -0.25) is 14.2 Å². The average Bonchev–Trinajstić information content (AvgIpc) is 3.33. The van der Waals surface area contributed by atoms with Gasteiger partial charge in [-0.2, -0.15) is 0 Å². The minimum Gasteiger partial charge on any atom is -0.336 e. The topological polar surface area (TPSA) is 80.1 Å². The smallest absolute Gasteiger partial charge is 0.276 e. The molecule has 2 aromatic heterocycles. The normalized spacial score (nSPS) is 21.0. The Morgan fingerprint density at radius 1 is 1.10 bits per heavy atom. The van der Waals surface area contributed by atoms with Crippen molar-refractivity contribution in [1.29, 1.82) is 0 Å². The van der Waals surface area contributed by atoms with Crippen LogP contribution in [0, 0.1) is 0 Å². The van der Waals surface area contributed by atoms with Crippen molar-refractivity contribution in [1.82, 2.24) is 19.4 Å². The van der Waals surface area contributed by atoms with E-state index in [4.69, 9.17) is 11.6 Å². The van der Waals surface area contributed by atoms with Gasteiger partial charge in [0.1, 0.15) is 29.2 Å². The summed E-state index contributed by atoms with van der Waals surface area (Å²) in [4.78, 5) is 37.2. The predicted octanol–water partition coefficient (Wildman–Crippen LogP) is 4.05. The number of pyridine rings is 1. The van der Waals surface area contributed by atoms with E-state index in [0.717, 1.165) is 57.8 Å². The van der Waals surface area contributed by atoms with Gasteiger partial charge in [0, 0.05) is 12.2 Å². The van der Waals surface area contributed by atoms with Crippen LogP contribution >= 0.6 is 11.6 Å². The van der Waals surface area contributed by atoms with E-state index >= 15 is 0 Å². The van der Waals surface area contributed by atoms with Gasteiger partial charge in [0.15, 0.2) is 0 Å². The van der Waals surface area contributed by atoms with Crippen molar-refractivity contribution < 1.29 is 4.79 Å². The molecule has 1 aliphatic heterocycles. The van der Waals surface area contributed by atoms with Crippen LogP contribution in [0.5, 0.6) is 0 Å². The van der Waals surface area contributed by atoms with Crippen molar-refractivity contribution in [2.45, 2.75) is 69.5 Å². The van der Waals surface area contributed by atoms with E-state index in [0.29, 0.717) is 22.2 Å². The Labute approximate surface area is 174 Å². The lowest BCUT2D eigenvalue weighted by Crippen LogP contribution is -2.54. The molecule has 7 nitrogen and oxygen atoms in total. The lowest BCUT2D eigenvalue weighted by Gasteiger charge is -2.45. The highest BCUT2D eigenvalue weighted by atomic mass is 35.5. The summed E-state index contributed by atoms with van der Waals surface area (Å²) in [5.41, 5.74) is -0.120. The SMILES string of the molecule is O=C1c2c(Cl)cc(Nc3ccncn3)c(=O)n2C2(CCCCC2)N1C1CCCC1. The number of anilines is 2. The molecule has 152 valence electrons. The molecule has 0 unspecified atom stereocenters. The van der Waals surface area contributed by atoms with E-state index < -0.39 is 5.66 Å². The number of nitrogens with zero attached hydrogens (tertiary/aromatic N) is 4. The van der Waals surface area contributed by atoms with Crippen LogP contribution in [0.15, 0.2) is 29.5 Å². The molecule has 3 aliphatic rings. The number of aromatic nitrogens is 3. The first-order chi connectivity index (χ1) is 14.1. The maximum atomic E-state index is 13.6. The van der Waals surface area contributed by atoms with Crippen LogP contribution in [-0.2, 0) is 5.66 Å². The highest BCUT2D eigenvalue weighted by Crippen LogP contribution is 2.48. The summed E-state index contributed by atoms with van der Waals surface area (Å²) in [7, 11) is 0. The molecular formula is C21H24ClN5O2. The highest BCUT2D eigenvalue weighted by molar-refractivity contribution is 6.34. The summed E-state index contributed by atoms with van der Waals surface area (Å²) in [6, 6.07) is 3.44. The number of halogens is 1. The third-order valence-electron chi connectivity index (χ3n) is 6.63. The summed E-state index contributed by atoms with van der Waals surface area (Å²) in [6.07, 6.45) is 12.0. The fourth-order valence-corrected chi connectivity index (χ4v) is 5.71. The molecule has 29 heavy (non-hydrogen) atoms. The molecule has 8 heteroatoms. The highest BCUT2D eigenvalue weighted by Gasteiger charge is 2.54. The number of fused-ring (bicyclic) bond motifs is 2. The van der Waals surface area contributed by atoms with Crippen LogP contribution < -0.4 is 10.9 Å². The standard InChI is InChI=1S/C21H24ClN5O2/c22-15-12-16(25-17-8-11-23-13-24-17)19(28)27-18(15)20(29)26(14-6-2-3-7-14)21(27)9-4-1-5-10-21/h8,11-14H,1-7,9-10H2,(H,23,24,25).